The number of hydrogen-bond acceptors (Lipinski definition) is 4. The number of piperazine rings is 1. The number of hydrogen-bond donors (Lipinski definition) is 1. The van der Waals surface area contributed by atoms with E-state index in [1.54, 1.807) is 17.2 Å². The van der Waals surface area contributed by atoms with Crippen LogP contribution in [-0.2, 0) is 4.79 Å². The lowest BCUT2D eigenvalue weighted by molar-refractivity contribution is -0.129. The zero-order valence-electron chi connectivity index (χ0n) is 19.0. The standard InChI is InChI=1S/C24H31FN4O3/c1-4-5-15(2)26-24(32)19-14-29(17-6-7-17)21-13-22(20(25)12-18(21)23(19)31)28-10-8-27(9-11-28)16(3)30/h12-15,17H,4-11H2,1-3H3,(H,26,32)/t15-/m1/s1. The summed E-state index contributed by atoms with van der Waals surface area (Å²) in [6.45, 7) is 7.64. The fourth-order valence-electron chi connectivity index (χ4n) is 4.49. The van der Waals surface area contributed by atoms with Gasteiger partial charge in [0, 0.05) is 56.8 Å². The van der Waals surface area contributed by atoms with Crippen molar-refractivity contribution in [2.75, 3.05) is 31.1 Å². The summed E-state index contributed by atoms with van der Waals surface area (Å²) in [6, 6.07) is 3.18. The Hall–Kier alpha value is -2.90. The van der Waals surface area contributed by atoms with Crippen molar-refractivity contribution >= 4 is 28.4 Å². The van der Waals surface area contributed by atoms with Gasteiger partial charge in [0.2, 0.25) is 11.3 Å². The summed E-state index contributed by atoms with van der Waals surface area (Å²) >= 11 is 0. The summed E-state index contributed by atoms with van der Waals surface area (Å²) in [5.41, 5.74) is 0.712. The number of nitrogens with zero attached hydrogens (tertiary/aromatic N) is 3. The van der Waals surface area contributed by atoms with Gasteiger partial charge in [-0.05, 0) is 38.3 Å². The average Bonchev–Trinajstić information content (AvgIpc) is 3.59. The Morgan fingerprint density at radius 1 is 1.19 bits per heavy atom. The lowest BCUT2D eigenvalue weighted by Gasteiger charge is -2.36. The number of carbonyl (C=O) groups is 2. The van der Waals surface area contributed by atoms with Crippen LogP contribution in [0.2, 0.25) is 0 Å². The molecule has 2 fully saturated rings. The average molecular weight is 443 g/mol. The second-order valence-corrected chi connectivity index (χ2v) is 8.99. The monoisotopic (exact) mass is 442 g/mol. The lowest BCUT2D eigenvalue weighted by atomic mass is 10.1. The molecule has 1 atom stereocenters. The minimum absolute atomic E-state index is 0.0188. The molecule has 172 valence electrons. The van der Waals surface area contributed by atoms with Crippen molar-refractivity contribution in [3.05, 3.63) is 39.9 Å². The van der Waals surface area contributed by atoms with E-state index in [0.29, 0.717) is 37.4 Å². The molecule has 1 aliphatic heterocycles. The SMILES string of the molecule is CCC[C@@H](C)NC(=O)c1cn(C2CC2)c2cc(N3CCN(C(C)=O)CC3)c(F)cc2c1=O. The summed E-state index contributed by atoms with van der Waals surface area (Å²) in [4.78, 5) is 41.2. The number of amides is 2. The summed E-state index contributed by atoms with van der Waals surface area (Å²) < 4.78 is 17.1. The Morgan fingerprint density at radius 3 is 2.47 bits per heavy atom. The van der Waals surface area contributed by atoms with Crippen LogP contribution < -0.4 is 15.6 Å². The van der Waals surface area contributed by atoms with Crippen molar-refractivity contribution in [2.45, 2.75) is 58.5 Å². The van der Waals surface area contributed by atoms with E-state index in [9.17, 15) is 14.4 Å². The highest BCUT2D eigenvalue weighted by atomic mass is 19.1. The first-order valence-electron chi connectivity index (χ1n) is 11.5. The molecule has 0 bridgehead atoms. The van der Waals surface area contributed by atoms with Gasteiger partial charge in [0.1, 0.15) is 11.4 Å². The molecular formula is C24H31FN4O3. The molecular weight excluding hydrogens is 411 g/mol. The molecule has 1 aliphatic carbocycles. The molecule has 4 rings (SSSR count). The van der Waals surface area contributed by atoms with Crippen molar-refractivity contribution in [3.8, 4) is 0 Å². The van der Waals surface area contributed by atoms with Gasteiger partial charge in [-0.15, -0.1) is 0 Å². The Labute approximate surface area is 187 Å². The van der Waals surface area contributed by atoms with Gasteiger partial charge in [-0.1, -0.05) is 13.3 Å². The first-order chi connectivity index (χ1) is 15.3. The highest BCUT2D eigenvalue weighted by Gasteiger charge is 2.29. The molecule has 1 saturated heterocycles. The van der Waals surface area contributed by atoms with E-state index >= 15 is 4.39 Å². The molecule has 1 aromatic carbocycles. The third-order valence-corrected chi connectivity index (χ3v) is 6.45. The van der Waals surface area contributed by atoms with Crippen LogP contribution in [0.5, 0.6) is 0 Å². The minimum Gasteiger partial charge on any atom is -0.366 e. The molecule has 1 N–H and O–H groups in total. The summed E-state index contributed by atoms with van der Waals surface area (Å²) in [5, 5.41) is 3.13. The molecule has 2 heterocycles. The second kappa shape index (κ2) is 8.92. The molecule has 7 nitrogen and oxygen atoms in total. The van der Waals surface area contributed by atoms with E-state index in [2.05, 4.69) is 5.32 Å². The molecule has 2 aliphatic rings. The van der Waals surface area contributed by atoms with Crippen LogP contribution in [0.25, 0.3) is 10.9 Å². The predicted octanol–water partition coefficient (Wildman–Crippen LogP) is 3.06. The lowest BCUT2D eigenvalue weighted by Crippen LogP contribution is -2.48. The maximum absolute atomic E-state index is 15.2. The number of halogens is 1. The zero-order valence-corrected chi connectivity index (χ0v) is 19.0. The van der Waals surface area contributed by atoms with Crippen LogP contribution in [0.4, 0.5) is 10.1 Å². The van der Waals surface area contributed by atoms with Crippen molar-refractivity contribution in [2.24, 2.45) is 0 Å². The first-order valence-corrected chi connectivity index (χ1v) is 11.5. The van der Waals surface area contributed by atoms with E-state index < -0.39 is 17.2 Å². The van der Waals surface area contributed by atoms with Crippen LogP contribution in [0.15, 0.2) is 23.1 Å². The van der Waals surface area contributed by atoms with Crippen LogP contribution in [0, 0.1) is 5.82 Å². The third-order valence-electron chi connectivity index (χ3n) is 6.45. The molecule has 32 heavy (non-hydrogen) atoms. The van der Waals surface area contributed by atoms with E-state index in [0.717, 1.165) is 25.7 Å². The number of fused-ring (bicyclic) bond motifs is 1. The van der Waals surface area contributed by atoms with Crippen molar-refractivity contribution in [3.63, 3.8) is 0 Å². The highest BCUT2D eigenvalue weighted by Crippen LogP contribution is 2.38. The number of aromatic nitrogens is 1. The number of benzene rings is 1. The normalized spacial score (nSPS) is 17.5. The number of carbonyl (C=O) groups excluding carboxylic acids is 2. The van der Waals surface area contributed by atoms with Gasteiger partial charge < -0.3 is 19.7 Å². The third kappa shape index (κ3) is 4.36. The highest BCUT2D eigenvalue weighted by molar-refractivity contribution is 5.98. The Bertz CT molecular complexity index is 1100. The second-order valence-electron chi connectivity index (χ2n) is 8.99. The largest absolute Gasteiger partial charge is 0.366 e. The number of anilines is 1. The maximum atomic E-state index is 15.2. The van der Waals surface area contributed by atoms with Crippen LogP contribution in [-0.4, -0.2) is 53.5 Å². The zero-order chi connectivity index (χ0) is 23.0. The van der Waals surface area contributed by atoms with Gasteiger partial charge in [0.25, 0.3) is 5.91 Å². The van der Waals surface area contributed by atoms with E-state index in [1.165, 1.54) is 13.0 Å². The van der Waals surface area contributed by atoms with Crippen LogP contribution in [0.1, 0.15) is 62.9 Å². The number of pyridine rings is 1. The van der Waals surface area contributed by atoms with Crippen LogP contribution in [0.3, 0.4) is 0 Å². The van der Waals surface area contributed by atoms with E-state index in [1.807, 2.05) is 23.3 Å². The van der Waals surface area contributed by atoms with Gasteiger partial charge in [-0.3, -0.25) is 14.4 Å². The smallest absolute Gasteiger partial charge is 0.256 e. The van der Waals surface area contributed by atoms with Crippen molar-refractivity contribution in [1.82, 2.24) is 14.8 Å². The van der Waals surface area contributed by atoms with Gasteiger partial charge in [-0.2, -0.15) is 0 Å². The molecule has 0 unspecified atom stereocenters. The first kappa shape index (κ1) is 22.3. The molecule has 0 radical (unpaired) electrons. The van der Waals surface area contributed by atoms with Gasteiger partial charge in [0.05, 0.1) is 11.2 Å². The molecule has 2 aromatic rings. The number of rotatable bonds is 6. The van der Waals surface area contributed by atoms with Gasteiger partial charge in [-0.25, -0.2) is 4.39 Å². The topological polar surface area (TPSA) is 74.7 Å². The molecule has 2 amide bonds. The fourth-order valence-corrected chi connectivity index (χ4v) is 4.49. The quantitative estimate of drug-likeness (QED) is 0.746. The molecule has 1 aromatic heterocycles. The van der Waals surface area contributed by atoms with Crippen molar-refractivity contribution < 1.29 is 14.0 Å². The fraction of sp³-hybridized carbons (Fsp3) is 0.542. The van der Waals surface area contributed by atoms with E-state index in [-0.39, 0.29) is 28.9 Å². The molecule has 1 saturated carbocycles. The summed E-state index contributed by atoms with van der Waals surface area (Å²) in [6.07, 6.45) is 5.33. The summed E-state index contributed by atoms with van der Waals surface area (Å²) in [7, 11) is 0. The molecule has 8 heteroatoms. The van der Waals surface area contributed by atoms with E-state index in [4.69, 9.17) is 0 Å². The molecule has 0 spiro atoms. The Kier molecular flexibility index (Phi) is 6.22. The van der Waals surface area contributed by atoms with Crippen LogP contribution >= 0.6 is 0 Å². The van der Waals surface area contributed by atoms with Gasteiger partial charge >= 0.3 is 0 Å². The number of nitrogens with one attached hydrogen (secondary N) is 1. The maximum Gasteiger partial charge on any atom is 0.256 e. The summed E-state index contributed by atoms with van der Waals surface area (Å²) in [5.74, 6) is -0.868. The minimum atomic E-state index is -0.481. The van der Waals surface area contributed by atoms with Gasteiger partial charge in [0.15, 0.2) is 0 Å². The van der Waals surface area contributed by atoms with Crippen molar-refractivity contribution in [1.29, 1.82) is 0 Å². The predicted molar refractivity (Wildman–Crippen MR) is 123 cm³/mol. The Morgan fingerprint density at radius 2 is 1.88 bits per heavy atom. The Balaban J connectivity index is 1.72.